The lowest BCUT2D eigenvalue weighted by atomic mass is 9.99. The van der Waals surface area contributed by atoms with Crippen molar-refractivity contribution in [3.63, 3.8) is 0 Å². The molecule has 1 amide bonds. The fourth-order valence-corrected chi connectivity index (χ4v) is 8.47. The molecule has 0 aromatic rings. The molecular formula is C54H101NO10. The zero-order valence-electron chi connectivity index (χ0n) is 41.9. The van der Waals surface area contributed by atoms with Crippen LogP contribution in [0.5, 0.6) is 0 Å². The second kappa shape index (κ2) is 43.4. The molecule has 0 spiro atoms. The topological polar surface area (TPSA) is 175 Å². The molecule has 0 aromatic carbocycles. The van der Waals surface area contributed by atoms with Crippen LogP contribution in [0.1, 0.15) is 245 Å². The third-order valence-corrected chi connectivity index (χ3v) is 12.9. The van der Waals surface area contributed by atoms with Crippen LogP contribution in [0.2, 0.25) is 0 Å². The van der Waals surface area contributed by atoms with E-state index >= 15 is 0 Å². The number of carbonyl (C=O) groups is 2. The average Bonchev–Trinajstić information content (AvgIpc) is 3.30. The number of nitrogens with one attached hydrogen (secondary N) is 1. The van der Waals surface area contributed by atoms with Gasteiger partial charge in [-0.1, -0.05) is 212 Å². The smallest absolute Gasteiger partial charge is 0.306 e. The fourth-order valence-electron chi connectivity index (χ4n) is 8.47. The van der Waals surface area contributed by atoms with Gasteiger partial charge in [-0.25, -0.2) is 0 Å². The molecule has 0 bridgehead atoms. The minimum absolute atomic E-state index is 0.126. The maximum Gasteiger partial charge on any atom is 0.306 e. The van der Waals surface area contributed by atoms with Gasteiger partial charge in [-0.3, -0.25) is 9.59 Å². The second-order valence-corrected chi connectivity index (χ2v) is 19.0. The average molecular weight is 924 g/mol. The molecule has 65 heavy (non-hydrogen) atoms. The third-order valence-electron chi connectivity index (χ3n) is 12.9. The first kappa shape index (κ1) is 61.2. The highest BCUT2D eigenvalue weighted by atomic mass is 16.7. The number of esters is 1. The van der Waals surface area contributed by atoms with Gasteiger partial charge in [0.05, 0.1) is 25.4 Å². The molecule has 1 aliphatic rings. The van der Waals surface area contributed by atoms with Crippen LogP contribution in [0.15, 0.2) is 24.3 Å². The molecule has 11 heteroatoms. The van der Waals surface area contributed by atoms with E-state index in [2.05, 4.69) is 38.2 Å². The van der Waals surface area contributed by atoms with Crippen LogP contribution in [-0.4, -0.2) is 99.6 Å². The predicted octanol–water partition coefficient (Wildman–Crippen LogP) is 11.4. The Labute approximate surface area is 397 Å². The number of hydrogen-bond acceptors (Lipinski definition) is 10. The molecule has 8 unspecified atom stereocenters. The summed E-state index contributed by atoms with van der Waals surface area (Å²) in [4.78, 5) is 26.3. The minimum atomic E-state index is -1.61. The Balaban J connectivity index is 2.79. The van der Waals surface area contributed by atoms with Gasteiger partial charge in [-0.2, -0.15) is 0 Å². The first-order valence-electron chi connectivity index (χ1n) is 27.1. The fraction of sp³-hybridized carbons (Fsp3) is 0.889. The van der Waals surface area contributed by atoms with Crippen LogP contribution in [0.4, 0.5) is 0 Å². The van der Waals surface area contributed by atoms with Gasteiger partial charge < -0.3 is 45.1 Å². The highest BCUT2D eigenvalue weighted by Gasteiger charge is 2.47. The van der Waals surface area contributed by atoms with Crippen LogP contribution >= 0.6 is 0 Å². The van der Waals surface area contributed by atoms with E-state index in [1.807, 2.05) is 6.08 Å². The predicted molar refractivity (Wildman–Crippen MR) is 264 cm³/mol. The summed E-state index contributed by atoms with van der Waals surface area (Å²) in [6.07, 6.45) is 36.6. The maximum atomic E-state index is 13.3. The van der Waals surface area contributed by atoms with Crippen molar-refractivity contribution in [3.05, 3.63) is 24.3 Å². The highest BCUT2D eigenvalue weighted by Crippen LogP contribution is 2.26. The molecule has 382 valence electrons. The Kier molecular flexibility index (Phi) is 40.9. The quantitative estimate of drug-likeness (QED) is 0.0196. The number of hydrogen-bond donors (Lipinski definition) is 6. The van der Waals surface area contributed by atoms with E-state index in [4.69, 9.17) is 14.2 Å². The molecule has 0 aromatic heterocycles. The number of unbranched alkanes of at least 4 members (excludes halogenated alkanes) is 29. The van der Waals surface area contributed by atoms with Gasteiger partial charge in [-0.15, -0.1) is 0 Å². The first-order valence-corrected chi connectivity index (χ1v) is 27.1. The lowest BCUT2D eigenvalue weighted by Gasteiger charge is -2.41. The van der Waals surface area contributed by atoms with Gasteiger partial charge in [-0.05, 0) is 51.4 Å². The number of rotatable bonds is 45. The van der Waals surface area contributed by atoms with E-state index in [0.29, 0.717) is 12.8 Å². The van der Waals surface area contributed by atoms with E-state index in [-0.39, 0.29) is 19.4 Å². The van der Waals surface area contributed by atoms with Crippen LogP contribution in [0.3, 0.4) is 0 Å². The summed E-state index contributed by atoms with van der Waals surface area (Å²) in [5.41, 5.74) is 0. The molecule has 1 saturated heterocycles. The molecule has 11 nitrogen and oxygen atoms in total. The van der Waals surface area contributed by atoms with Crippen molar-refractivity contribution in [2.45, 2.75) is 294 Å². The van der Waals surface area contributed by atoms with Crippen molar-refractivity contribution in [1.82, 2.24) is 5.32 Å². The Morgan fingerprint density at radius 2 is 1.02 bits per heavy atom. The van der Waals surface area contributed by atoms with Crippen LogP contribution in [-0.2, 0) is 23.8 Å². The van der Waals surface area contributed by atoms with Crippen molar-refractivity contribution >= 4 is 11.9 Å². The number of carbonyl (C=O) groups excluding carboxylic acids is 2. The van der Waals surface area contributed by atoms with Gasteiger partial charge in [0.15, 0.2) is 12.4 Å². The van der Waals surface area contributed by atoms with E-state index in [9.17, 15) is 35.1 Å². The van der Waals surface area contributed by atoms with E-state index < -0.39 is 67.4 Å². The Bertz CT molecular complexity index is 1150. The molecule has 1 rings (SSSR count). The van der Waals surface area contributed by atoms with Crippen LogP contribution < -0.4 is 5.32 Å². The van der Waals surface area contributed by atoms with Crippen LogP contribution in [0.25, 0.3) is 0 Å². The Hall–Kier alpha value is -1.86. The number of allylic oxidation sites excluding steroid dienone is 3. The van der Waals surface area contributed by atoms with Crippen molar-refractivity contribution in [3.8, 4) is 0 Å². The number of ether oxygens (including phenoxy) is 3. The molecule has 1 aliphatic heterocycles. The minimum Gasteiger partial charge on any atom is -0.454 e. The molecule has 6 N–H and O–H groups in total. The summed E-state index contributed by atoms with van der Waals surface area (Å²) in [6, 6.07) is -1.02. The summed E-state index contributed by atoms with van der Waals surface area (Å²) in [5, 5.41) is 56.6. The van der Waals surface area contributed by atoms with E-state index in [1.54, 1.807) is 6.08 Å². The molecule has 0 saturated carbocycles. The van der Waals surface area contributed by atoms with Crippen molar-refractivity contribution in [2.75, 3.05) is 13.2 Å². The number of amides is 1. The zero-order chi connectivity index (χ0) is 47.6. The third kappa shape index (κ3) is 32.5. The van der Waals surface area contributed by atoms with Gasteiger partial charge >= 0.3 is 5.97 Å². The SMILES string of the molecule is CCCCCCCC/C=C\CCCCC(O)C(=O)NC(COC1OC(CO)C(O)C(O)C1OC(=O)CCCCCCCCCCCCC)C(O)/C=C/CCCCCCCCCCCCC. The van der Waals surface area contributed by atoms with Gasteiger partial charge in [0.2, 0.25) is 5.91 Å². The number of aliphatic hydroxyl groups excluding tert-OH is 5. The van der Waals surface area contributed by atoms with Crippen LogP contribution in [0, 0.1) is 0 Å². The monoisotopic (exact) mass is 924 g/mol. The van der Waals surface area contributed by atoms with Crippen molar-refractivity contribution in [2.24, 2.45) is 0 Å². The van der Waals surface area contributed by atoms with Crippen molar-refractivity contribution in [1.29, 1.82) is 0 Å². The summed E-state index contributed by atoms with van der Waals surface area (Å²) >= 11 is 0. The molecule has 1 fully saturated rings. The highest BCUT2D eigenvalue weighted by molar-refractivity contribution is 5.80. The lowest BCUT2D eigenvalue weighted by Crippen LogP contribution is -2.61. The second-order valence-electron chi connectivity index (χ2n) is 19.0. The number of aliphatic hydroxyl groups is 5. The van der Waals surface area contributed by atoms with E-state index in [1.165, 1.54) is 141 Å². The molecule has 0 aliphatic carbocycles. The molecular weight excluding hydrogens is 823 g/mol. The summed E-state index contributed by atoms with van der Waals surface area (Å²) in [6.45, 7) is 5.74. The molecule has 1 heterocycles. The Morgan fingerprint density at radius 1 is 0.585 bits per heavy atom. The normalized spacial score (nSPS) is 20.4. The van der Waals surface area contributed by atoms with Gasteiger partial charge in [0.25, 0.3) is 0 Å². The van der Waals surface area contributed by atoms with Crippen molar-refractivity contribution < 1.29 is 49.3 Å². The molecule has 8 atom stereocenters. The summed E-state index contributed by atoms with van der Waals surface area (Å²) < 4.78 is 17.5. The summed E-state index contributed by atoms with van der Waals surface area (Å²) in [5.74, 6) is -1.21. The standard InChI is InChI=1S/C54H101NO10/c1-4-7-10-13-16-19-22-24-27-28-31-34-37-40-46(57)45(55-53(62)47(58)41-38-35-32-29-26-23-20-17-14-11-8-5-2)44-63-54-52(51(61)50(60)48(43-56)64-54)65-49(59)42-39-36-33-30-25-21-18-15-12-9-6-3/h26,29,37,40,45-48,50-52,54,56-58,60-61H,4-25,27-28,30-36,38-39,41-44H2,1-3H3,(H,55,62)/b29-26-,40-37+. The Morgan fingerprint density at radius 3 is 1.49 bits per heavy atom. The molecule has 0 radical (unpaired) electrons. The maximum absolute atomic E-state index is 13.3. The van der Waals surface area contributed by atoms with E-state index in [0.717, 1.165) is 57.8 Å². The zero-order valence-corrected chi connectivity index (χ0v) is 41.9. The van der Waals surface area contributed by atoms with Gasteiger partial charge in [0.1, 0.15) is 24.4 Å². The van der Waals surface area contributed by atoms with Gasteiger partial charge in [0, 0.05) is 6.42 Å². The first-order chi connectivity index (χ1) is 31.7. The lowest BCUT2D eigenvalue weighted by molar-refractivity contribution is -0.305. The summed E-state index contributed by atoms with van der Waals surface area (Å²) in [7, 11) is 0. The largest absolute Gasteiger partial charge is 0.454 e.